The van der Waals surface area contributed by atoms with Gasteiger partial charge in [0.2, 0.25) is 6.10 Å². The van der Waals surface area contributed by atoms with E-state index in [-0.39, 0.29) is 30.3 Å². The predicted octanol–water partition coefficient (Wildman–Crippen LogP) is 0.918. The molecule has 4 N–H and O–H groups in total. The summed E-state index contributed by atoms with van der Waals surface area (Å²) in [6, 6.07) is 5.01. The summed E-state index contributed by atoms with van der Waals surface area (Å²) in [5.41, 5.74) is 5.86. The number of amides is 1. The highest BCUT2D eigenvalue weighted by molar-refractivity contribution is 5.82. The van der Waals surface area contributed by atoms with Crippen LogP contribution in [0.5, 0.6) is 17.2 Å². The van der Waals surface area contributed by atoms with Crippen molar-refractivity contribution < 1.29 is 19.4 Å². The number of nitrogens with two attached hydrogens (primary N) is 1. The van der Waals surface area contributed by atoms with Gasteiger partial charge in [-0.15, -0.1) is 0 Å². The van der Waals surface area contributed by atoms with Crippen LogP contribution in [0.3, 0.4) is 0 Å². The summed E-state index contributed by atoms with van der Waals surface area (Å²) >= 11 is 0. The summed E-state index contributed by atoms with van der Waals surface area (Å²) in [6.45, 7) is 0.176. The number of hydrogen-bond acceptors (Lipinski definition) is 5. The fraction of sp³-hybridized carbons (Fsp3) is 0.533. The van der Waals surface area contributed by atoms with Crippen LogP contribution in [0.4, 0.5) is 0 Å². The third-order valence-electron chi connectivity index (χ3n) is 4.00. The number of benzene rings is 1. The van der Waals surface area contributed by atoms with E-state index in [9.17, 15) is 9.90 Å². The summed E-state index contributed by atoms with van der Waals surface area (Å²) in [5, 5.41) is 12.4. The molecule has 0 bridgehead atoms. The standard InChI is InChI=1S/C15H20N2O4/c16-9-1-3-10(4-2-9)17-15(19)14-8-20-12-6-5-11(18)7-13(12)21-14/h5-7,9-10,14,18H,1-4,8,16H2,(H,17,19)/t9-,10+,14?. The zero-order valence-corrected chi connectivity index (χ0v) is 11.7. The molecule has 1 aliphatic heterocycles. The van der Waals surface area contributed by atoms with Crippen LogP contribution >= 0.6 is 0 Å². The highest BCUT2D eigenvalue weighted by Gasteiger charge is 2.30. The van der Waals surface area contributed by atoms with E-state index in [4.69, 9.17) is 15.2 Å². The third kappa shape index (κ3) is 3.21. The first-order valence-corrected chi connectivity index (χ1v) is 7.30. The Labute approximate surface area is 123 Å². The van der Waals surface area contributed by atoms with Gasteiger partial charge in [0, 0.05) is 18.2 Å². The van der Waals surface area contributed by atoms with Gasteiger partial charge in [-0.05, 0) is 37.8 Å². The molecular formula is C15H20N2O4. The molecule has 0 saturated heterocycles. The van der Waals surface area contributed by atoms with Gasteiger partial charge >= 0.3 is 0 Å². The van der Waals surface area contributed by atoms with Gasteiger partial charge in [-0.1, -0.05) is 0 Å². The summed E-state index contributed by atoms with van der Waals surface area (Å²) in [7, 11) is 0. The molecule has 1 amide bonds. The number of hydrogen-bond donors (Lipinski definition) is 3. The lowest BCUT2D eigenvalue weighted by atomic mass is 9.92. The molecule has 21 heavy (non-hydrogen) atoms. The predicted molar refractivity (Wildman–Crippen MR) is 76.4 cm³/mol. The Morgan fingerprint density at radius 3 is 2.76 bits per heavy atom. The fourth-order valence-corrected chi connectivity index (χ4v) is 2.75. The molecular weight excluding hydrogens is 272 g/mol. The summed E-state index contributed by atoms with van der Waals surface area (Å²) in [6.07, 6.45) is 2.98. The average molecular weight is 292 g/mol. The van der Waals surface area contributed by atoms with E-state index in [1.54, 1.807) is 6.07 Å². The minimum Gasteiger partial charge on any atom is -0.508 e. The molecule has 0 radical (unpaired) electrons. The first kappa shape index (κ1) is 14.0. The van der Waals surface area contributed by atoms with Crippen molar-refractivity contribution in [1.29, 1.82) is 0 Å². The first-order valence-electron chi connectivity index (χ1n) is 7.30. The molecule has 1 unspecified atom stereocenters. The van der Waals surface area contributed by atoms with E-state index >= 15 is 0 Å². The Morgan fingerprint density at radius 2 is 2.00 bits per heavy atom. The SMILES string of the molecule is N[C@H]1CC[C@@H](NC(=O)C2COc3ccc(O)cc3O2)CC1. The minimum atomic E-state index is -0.685. The Morgan fingerprint density at radius 1 is 1.24 bits per heavy atom. The number of carbonyl (C=O) groups excluding carboxylic acids is 1. The van der Waals surface area contributed by atoms with Gasteiger partial charge in [-0.3, -0.25) is 4.79 Å². The first-order chi connectivity index (χ1) is 10.1. The third-order valence-corrected chi connectivity index (χ3v) is 4.00. The molecule has 3 rings (SSSR count). The molecule has 6 heteroatoms. The Balaban J connectivity index is 1.59. The molecule has 2 aliphatic rings. The van der Waals surface area contributed by atoms with Gasteiger partial charge in [0.05, 0.1) is 0 Å². The zero-order chi connectivity index (χ0) is 14.8. The van der Waals surface area contributed by atoms with Crippen LogP contribution in [0.25, 0.3) is 0 Å². The maximum atomic E-state index is 12.2. The number of aromatic hydroxyl groups is 1. The molecule has 114 valence electrons. The van der Waals surface area contributed by atoms with Crippen LogP contribution < -0.4 is 20.5 Å². The number of ether oxygens (including phenoxy) is 2. The number of fused-ring (bicyclic) bond motifs is 1. The second-order valence-corrected chi connectivity index (χ2v) is 5.67. The van der Waals surface area contributed by atoms with Gasteiger partial charge in [0.15, 0.2) is 11.5 Å². The topological polar surface area (TPSA) is 93.8 Å². The van der Waals surface area contributed by atoms with Crippen LogP contribution in [0.2, 0.25) is 0 Å². The van der Waals surface area contributed by atoms with Crippen molar-refractivity contribution >= 4 is 5.91 Å². The molecule has 1 heterocycles. The van der Waals surface area contributed by atoms with Gasteiger partial charge in [0.1, 0.15) is 12.4 Å². The largest absolute Gasteiger partial charge is 0.508 e. The van der Waals surface area contributed by atoms with Gasteiger partial charge in [0.25, 0.3) is 5.91 Å². The molecule has 1 aromatic carbocycles. The Bertz CT molecular complexity index is 526. The quantitative estimate of drug-likeness (QED) is 0.753. The van der Waals surface area contributed by atoms with Crippen LogP contribution in [0.15, 0.2) is 18.2 Å². The van der Waals surface area contributed by atoms with Gasteiger partial charge in [-0.2, -0.15) is 0 Å². The number of rotatable bonds is 2. The van der Waals surface area contributed by atoms with E-state index < -0.39 is 6.10 Å². The Hall–Kier alpha value is -1.95. The van der Waals surface area contributed by atoms with Crippen molar-refractivity contribution in [2.75, 3.05) is 6.61 Å². The van der Waals surface area contributed by atoms with E-state index in [2.05, 4.69) is 5.32 Å². The normalized spacial score (nSPS) is 28.0. The van der Waals surface area contributed by atoms with Crippen LogP contribution in [-0.4, -0.2) is 35.8 Å². The molecule has 6 nitrogen and oxygen atoms in total. The van der Waals surface area contributed by atoms with Crippen molar-refractivity contribution in [3.8, 4) is 17.2 Å². The van der Waals surface area contributed by atoms with Crippen LogP contribution in [0, 0.1) is 0 Å². The maximum absolute atomic E-state index is 12.2. The summed E-state index contributed by atoms with van der Waals surface area (Å²) < 4.78 is 11.1. The summed E-state index contributed by atoms with van der Waals surface area (Å²) in [5.74, 6) is 0.844. The van der Waals surface area contributed by atoms with E-state index in [0.29, 0.717) is 11.5 Å². The zero-order valence-electron chi connectivity index (χ0n) is 11.7. The van der Waals surface area contributed by atoms with Crippen molar-refractivity contribution in [2.45, 2.75) is 43.9 Å². The van der Waals surface area contributed by atoms with Gasteiger partial charge in [-0.25, -0.2) is 0 Å². The second kappa shape index (κ2) is 5.81. The molecule has 0 aromatic heterocycles. The van der Waals surface area contributed by atoms with Crippen LogP contribution in [0.1, 0.15) is 25.7 Å². The molecule has 1 fully saturated rings. The minimum absolute atomic E-state index is 0.0830. The number of carbonyl (C=O) groups is 1. The van der Waals surface area contributed by atoms with Gasteiger partial charge < -0.3 is 25.6 Å². The van der Waals surface area contributed by atoms with E-state index in [0.717, 1.165) is 25.7 Å². The van der Waals surface area contributed by atoms with Crippen molar-refractivity contribution in [1.82, 2.24) is 5.32 Å². The molecule has 0 spiro atoms. The molecule has 1 atom stereocenters. The van der Waals surface area contributed by atoms with Crippen molar-refractivity contribution in [3.63, 3.8) is 0 Å². The number of phenols is 1. The molecule has 1 saturated carbocycles. The Kier molecular flexibility index (Phi) is 3.88. The second-order valence-electron chi connectivity index (χ2n) is 5.67. The van der Waals surface area contributed by atoms with Crippen molar-refractivity contribution in [3.05, 3.63) is 18.2 Å². The van der Waals surface area contributed by atoms with Crippen LogP contribution in [-0.2, 0) is 4.79 Å². The maximum Gasteiger partial charge on any atom is 0.264 e. The average Bonchev–Trinajstić information content (AvgIpc) is 2.48. The fourth-order valence-electron chi connectivity index (χ4n) is 2.75. The smallest absolute Gasteiger partial charge is 0.264 e. The highest BCUT2D eigenvalue weighted by Crippen LogP contribution is 2.34. The number of phenolic OH excluding ortho intramolecular Hbond substituents is 1. The molecule has 1 aliphatic carbocycles. The van der Waals surface area contributed by atoms with Crippen molar-refractivity contribution in [2.24, 2.45) is 5.73 Å². The lowest BCUT2D eigenvalue weighted by Crippen LogP contribution is -2.49. The summed E-state index contributed by atoms with van der Waals surface area (Å²) in [4.78, 5) is 12.2. The molecule has 1 aromatic rings. The van der Waals surface area contributed by atoms with E-state index in [1.807, 2.05) is 0 Å². The lowest BCUT2D eigenvalue weighted by Gasteiger charge is -2.30. The number of nitrogens with one attached hydrogen (secondary N) is 1. The van der Waals surface area contributed by atoms with E-state index in [1.165, 1.54) is 12.1 Å². The lowest BCUT2D eigenvalue weighted by molar-refractivity contribution is -0.131. The monoisotopic (exact) mass is 292 g/mol. The highest BCUT2D eigenvalue weighted by atomic mass is 16.6.